The number of carboxylic acids is 1. The van der Waals surface area contributed by atoms with Crippen molar-refractivity contribution in [1.82, 2.24) is 0 Å². The van der Waals surface area contributed by atoms with Gasteiger partial charge in [-0.1, -0.05) is 50.7 Å². The van der Waals surface area contributed by atoms with E-state index in [1.807, 2.05) is 0 Å². The molecule has 0 aliphatic heterocycles. The van der Waals surface area contributed by atoms with Gasteiger partial charge < -0.3 is 15.3 Å². The third kappa shape index (κ3) is 6.42. The zero-order valence-electron chi connectivity index (χ0n) is 16.6. The largest absolute Gasteiger partial charge is 0.479 e. The molecule has 5 nitrogen and oxygen atoms in total. The average Bonchev–Trinajstić information content (AvgIpc) is 3.25. The van der Waals surface area contributed by atoms with Crippen molar-refractivity contribution in [2.24, 2.45) is 17.8 Å². The van der Waals surface area contributed by atoms with E-state index in [0.29, 0.717) is 24.5 Å². The first kappa shape index (κ1) is 22.1. The lowest BCUT2D eigenvalue weighted by Gasteiger charge is -2.24. The number of carbonyl (C=O) groups excluding carboxylic acids is 1. The smallest absolute Gasteiger partial charge is 0.338 e. The van der Waals surface area contributed by atoms with Crippen molar-refractivity contribution in [1.29, 1.82) is 0 Å². The molecule has 0 heterocycles. The minimum atomic E-state index is -2.12. The fourth-order valence-electron chi connectivity index (χ4n) is 4.57. The summed E-state index contributed by atoms with van der Waals surface area (Å²) >= 11 is 0. The molecule has 2 aliphatic carbocycles. The van der Waals surface area contributed by atoms with Crippen LogP contribution < -0.4 is 0 Å². The maximum atomic E-state index is 12.2. The number of hydrogen-bond donors (Lipinski definition) is 3. The summed E-state index contributed by atoms with van der Waals surface area (Å²) in [5.41, 5.74) is -2.12. The van der Waals surface area contributed by atoms with Gasteiger partial charge in [0.25, 0.3) is 0 Å². The van der Waals surface area contributed by atoms with Crippen LogP contribution in [0.1, 0.15) is 84.0 Å². The van der Waals surface area contributed by atoms with Crippen LogP contribution in [0.4, 0.5) is 0 Å². The van der Waals surface area contributed by atoms with Crippen LogP contribution in [0.2, 0.25) is 0 Å². The minimum absolute atomic E-state index is 0.0601. The number of aliphatic carboxylic acids is 1. The van der Waals surface area contributed by atoms with E-state index in [9.17, 15) is 19.8 Å². The molecule has 0 radical (unpaired) electrons. The summed E-state index contributed by atoms with van der Waals surface area (Å²) in [6, 6.07) is 0. The number of aliphatic hydroxyl groups is 2. The summed E-state index contributed by atoms with van der Waals surface area (Å²) in [4.78, 5) is 23.1. The van der Waals surface area contributed by atoms with E-state index in [0.717, 1.165) is 38.5 Å². The van der Waals surface area contributed by atoms with Gasteiger partial charge in [-0.25, -0.2) is 4.79 Å². The van der Waals surface area contributed by atoms with E-state index in [1.165, 1.54) is 32.1 Å². The molecule has 2 unspecified atom stereocenters. The normalized spacial score (nSPS) is 27.3. The van der Waals surface area contributed by atoms with E-state index < -0.39 is 17.7 Å². The van der Waals surface area contributed by atoms with Crippen LogP contribution in [-0.2, 0) is 9.59 Å². The molecule has 27 heavy (non-hydrogen) atoms. The van der Waals surface area contributed by atoms with Crippen LogP contribution in [0.15, 0.2) is 12.2 Å². The van der Waals surface area contributed by atoms with Crippen LogP contribution in [0.25, 0.3) is 0 Å². The standard InChI is InChI=1S/C22H36O5/c1-22(27,21(25)26)20(24)13-7-6-12-18-17(14-15-19(18)23)11-5-4-10-16-8-2-3-9-16/h5,11,16-18,20,24,27H,2-4,6-10,12-15H2,1H3,(H,25,26)/b11-5+/t17-,18+,20?,22?/m0/s1. The van der Waals surface area contributed by atoms with Gasteiger partial charge in [0, 0.05) is 12.3 Å². The molecule has 3 N–H and O–H groups in total. The molecule has 4 atom stereocenters. The highest BCUT2D eigenvalue weighted by Gasteiger charge is 2.38. The molecule has 0 amide bonds. The molecule has 0 aromatic rings. The molecule has 2 rings (SSSR count). The zero-order chi connectivity index (χ0) is 19.9. The number of carbonyl (C=O) groups is 2. The second kappa shape index (κ2) is 10.4. The Morgan fingerprint density at radius 3 is 2.59 bits per heavy atom. The molecule has 2 fully saturated rings. The highest BCUT2D eigenvalue weighted by Crippen LogP contribution is 2.34. The molecule has 0 aromatic heterocycles. The van der Waals surface area contributed by atoms with Crippen LogP contribution in [0, 0.1) is 17.8 Å². The molecule has 2 saturated carbocycles. The van der Waals surface area contributed by atoms with Crippen molar-refractivity contribution in [3.63, 3.8) is 0 Å². The first-order chi connectivity index (χ1) is 12.8. The maximum absolute atomic E-state index is 12.2. The Morgan fingerprint density at radius 1 is 1.22 bits per heavy atom. The zero-order valence-corrected chi connectivity index (χ0v) is 16.6. The van der Waals surface area contributed by atoms with E-state index in [2.05, 4.69) is 12.2 Å². The lowest BCUT2D eigenvalue weighted by Crippen LogP contribution is -2.46. The molecule has 5 heteroatoms. The third-order valence-electron chi connectivity index (χ3n) is 6.58. The Labute approximate surface area is 162 Å². The molecule has 0 saturated heterocycles. The average molecular weight is 381 g/mol. The van der Waals surface area contributed by atoms with Gasteiger partial charge in [0.2, 0.25) is 0 Å². The van der Waals surface area contributed by atoms with Gasteiger partial charge in [0.05, 0.1) is 6.10 Å². The number of carboxylic acid groups (broad SMARTS) is 1. The Kier molecular flexibility index (Phi) is 8.49. The first-order valence-corrected chi connectivity index (χ1v) is 10.7. The highest BCUT2D eigenvalue weighted by molar-refractivity contribution is 5.83. The maximum Gasteiger partial charge on any atom is 0.338 e. The summed E-state index contributed by atoms with van der Waals surface area (Å²) in [5.74, 6) is 0.199. The number of Topliss-reactive ketones (excluding diaryl/α,β-unsaturated/α-hetero) is 1. The molecule has 0 bridgehead atoms. The van der Waals surface area contributed by atoms with E-state index in [-0.39, 0.29) is 12.3 Å². The SMILES string of the molecule is CC(O)(C(=O)O)C(O)CCCC[C@H]1C(=O)CC[C@@H]1/C=C/CCC1CCCC1. The van der Waals surface area contributed by atoms with Crippen molar-refractivity contribution in [2.45, 2.75) is 95.7 Å². The number of ketones is 1. The fourth-order valence-corrected chi connectivity index (χ4v) is 4.57. The molecular formula is C22H36O5. The summed E-state index contributed by atoms with van der Waals surface area (Å²) in [5, 5.41) is 28.5. The van der Waals surface area contributed by atoms with E-state index in [1.54, 1.807) is 0 Å². The number of aliphatic hydroxyl groups excluding tert-OH is 1. The van der Waals surface area contributed by atoms with Gasteiger partial charge in [-0.15, -0.1) is 0 Å². The molecular weight excluding hydrogens is 344 g/mol. The van der Waals surface area contributed by atoms with Crippen LogP contribution in [0.3, 0.4) is 0 Å². The minimum Gasteiger partial charge on any atom is -0.479 e. The Hall–Kier alpha value is -1.20. The van der Waals surface area contributed by atoms with Crippen molar-refractivity contribution in [3.05, 3.63) is 12.2 Å². The van der Waals surface area contributed by atoms with Gasteiger partial charge in [-0.05, 0) is 50.9 Å². The quantitative estimate of drug-likeness (QED) is 0.374. The molecule has 2 aliphatic rings. The number of unbranched alkanes of at least 4 members (excludes halogenated alkanes) is 1. The van der Waals surface area contributed by atoms with Gasteiger partial charge in [-0.2, -0.15) is 0 Å². The Morgan fingerprint density at radius 2 is 1.93 bits per heavy atom. The molecule has 154 valence electrons. The van der Waals surface area contributed by atoms with Crippen LogP contribution >= 0.6 is 0 Å². The second-order valence-corrected chi connectivity index (χ2v) is 8.68. The third-order valence-corrected chi connectivity index (χ3v) is 6.58. The monoisotopic (exact) mass is 380 g/mol. The van der Waals surface area contributed by atoms with Crippen molar-refractivity contribution in [2.75, 3.05) is 0 Å². The summed E-state index contributed by atoms with van der Waals surface area (Å²) in [6.45, 7) is 1.12. The summed E-state index contributed by atoms with van der Waals surface area (Å²) < 4.78 is 0. The van der Waals surface area contributed by atoms with E-state index >= 15 is 0 Å². The lowest BCUT2D eigenvalue weighted by molar-refractivity contribution is -0.169. The van der Waals surface area contributed by atoms with Crippen LogP contribution in [-0.4, -0.2) is 38.8 Å². The number of hydrogen-bond acceptors (Lipinski definition) is 4. The fraction of sp³-hybridized carbons (Fsp3) is 0.818. The van der Waals surface area contributed by atoms with Gasteiger partial charge in [-0.3, -0.25) is 4.79 Å². The summed E-state index contributed by atoms with van der Waals surface area (Å²) in [7, 11) is 0. The van der Waals surface area contributed by atoms with Crippen molar-refractivity contribution < 1.29 is 24.9 Å². The summed E-state index contributed by atoms with van der Waals surface area (Å²) in [6.07, 6.45) is 15.0. The van der Waals surface area contributed by atoms with Crippen molar-refractivity contribution >= 4 is 11.8 Å². The van der Waals surface area contributed by atoms with Gasteiger partial charge in [0.15, 0.2) is 5.60 Å². The predicted molar refractivity (Wildman–Crippen MR) is 104 cm³/mol. The van der Waals surface area contributed by atoms with E-state index in [4.69, 9.17) is 5.11 Å². The number of rotatable bonds is 11. The Bertz CT molecular complexity index is 519. The highest BCUT2D eigenvalue weighted by atomic mass is 16.4. The van der Waals surface area contributed by atoms with Crippen LogP contribution in [0.5, 0.6) is 0 Å². The Balaban J connectivity index is 1.70. The van der Waals surface area contributed by atoms with Gasteiger partial charge >= 0.3 is 5.97 Å². The second-order valence-electron chi connectivity index (χ2n) is 8.68. The number of allylic oxidation sites excluding steroid dienone is 2. The lowest BCUT2D eigenvalue weighted by atomic mass is 9.88. The van der Waals surface area contributed by atoms with Crippen molar-refractivity contribution in [3.8, 4) is 0 Å². The van der Waals surface area contributed by atoms with Gasteiger partial charge in [0.1, 0.15) is 5.78 Å². The molecule has 0 spiro atoms. The predicted octanol–water partition coefficient (Wildman–Crippen LogP) is 3.87. The first-order valence-electron chi connectivity index (χ1n) is 10.7. The molecule has 0 aromatic carbocycles. The topological polar surface area (TPSA) is 94.8 Å².